The normalized spacial score (nSPS) is 11.4. The fourth-order valence-corrected chi connectivity index (χ4v) is 2.10. The largest absolute Gasteiger partial charge is 0.481 e. The lowest BCUT2D eigenvalue weighted by Crippen LogP contribution is -2.30. The molecule has 2 rings (SSSR count). The number of benzene rings is 2. The second-order valence-electron chi connectivity index (χ2n) is 4.97. The fourth-order valence-electron chi connectivity index (χ4n) is 1.92. The van der Waals surface area contributed by atoms with E-state index in [9.17, 15) is 9.59 Å². The minimum absolute atomic E-state index is 0.175. The van der Waals surface area contributed by atoms with E-state index in [0.29, 0.717) is 22.1 Å². The number of carbonyl (C=O) groups excluding carboxylic acids is 2. The Hall–Kier alpha value is -2.53. The van der Waals surface area contributed by atoms with Crippen molar-refractivity contribution in [2.45, 2.75) is 20.0 Å². The molecule has 6 heteroatoms. The van der Waals surface area contributed by atoms with Gasteiger partial charge in [-0.3, -0.25) is 9.59 Å². The number of rotatable bonds is 5. The molecule has 0 radical (unpaired) electrons. The Bertz CT molecular complexity index is 718. The number of nitrogens with one attached hydrogen (secondary N) is 2. The predicted molar refractivity (Wildman–Crippen MR) is 90.9 cm³/mol. The number of ether oxygens (including phenoxy) is 1. The third-order valence-corrected chi connectivity index (χ3v) is 3.16. The topological polar surface area (TPSA) is 67.4 Å². The number of hydrogen-bond acceptors (Lipinski definition) is 3. The molecule has 0 saturated carbocycles. The lowest BCUT2D eigenvalue weighted by atomic mass is 10.2. The van der Waals surface area contributed by atoms with Crippen LogP contribution in [0, 0.1) is 0 Å². The standard InChI is InChI=1S/C17H17ClN2O3/c1-11(23-16-8-3-5-13(18)9-16)17(22)20-15-7-4-6-14(10-15)19-12(2)21/h3-11H,1-2H3,(H,19,21)(H,20,22)/t11-/m0/s1. The van der Waals surface area contributed by atoms with Crippen molar-refractivity contribution in [2.24, 2.45) is 0 Å². The van der Waals surface area contributed by atoms with Crippen molar-refractivity contribution < 1.29 is 14.3 Å². The first kappa shape index (κ1) is 16.8. The van der Waals surface area contributed by atoms with Crippen LogP contribution in [0.25, 0.3) is 0 Å². The molecule has 1 atom stereocenters. The van der Waals surface area contributed by atoms with Crippen LogP contribution in [0.3, 0.4) is 0 Å². The van der Waals surface area contributed by atoms with E-state index in [0.717, 1.165) is 0 Å². The second-order valence-corrected chi connectivity index (χ2v) is 5.41. The van der Waals surface area contributed by atoms with Gasteiger partial charge in [-0.1, -0.05) is 23.7 Å². The van der Waals surface area contributed by atoms with Crippen LogP contribution in [0.1, 0.15) is 13.8 Å². The van der Waals surface area contributed by atoms with Gasteiger partial charge in [0.05, 0.1) is 0 Å². The van der Waals surface area contributed by atoms with Crippen molar-refractivity contribution >= 4 is 34.8 Å². The Balaban J connectivity index is 1.99. The Kier molecular flexibility index (Phi) is 5.60. The zero-order valence-electron chi connectivity index (χ0n) is 12.8. The summed E-state index contributed by atoms with van der Waals surface area (Å²) >= 11 is 5.88. The van der Waals surface area contributed by atoms with Crippen molar-refractivity contribution in [3.63, 3.8) is 0 Å². The van der Waals surface area contributed by atoms with E-state index in [1.54, 1.807) is 55.5 Å². The summed E-state index contributed by atoms with van der Waals surface area (Å²) in [6.07, 6.45) is -0.696. The minimum atomic E-state index is -0.696. The highest BCUT2D eigenvalue weighted by Crippen LogP contribution is 2.19. The Morgan fingerprint density at radius 1 is 1.04 bits per heavy atom. The summed E-state index contributed by atoms with van der Waals surface area (Å²) in [6, 6.07) is 13.7. The van der Waals surface area contributed by atoms with Gasteiger partial charge in [0.25, 0.3) is 5.91 Å². The van der Waals surface area contributed by atoms with Gasteiger partial charge in [0, 0.05) is 23.3 Å². The SMILES string of the molecule is CC(=O)Nc1cccc(NC(=O)[C@H](C)Oc2cccc(Cl)c2)c1. The zero-order chi connectivity index (χ0) is 16.8. The molecule has 0 spiro atoms. The van der Waals surface area contributed by atoms with Crippen molar-refractivity contribution in [2.75, 3.05) is 10.6 Å². The first-order valence-corrected chi connectivity index (χ1v) is 7.42. The average Bonchev–Trinajstić information content (AvgIpc) is 2.46. The van der Waals surface area contributed by atoms with E-state index < -0.39 is 6.10 Å². The number of hydrogen-bond donors (Lipinski definition) is 2. The van der Waals surface area contributed by atoms with E-state index in [1.807, 2.05) is 0 Å². The van der Waals surface area contributed by atoms with Gasteiger partial charge in [0.1, 0.15) is 5.75 Å². The molecule has 0 aliphatic rings. The quantitative estimate of drug-likeness (QED) is 0.877. The van der Waals surface area contributed by atoms with Gasteiger partial charge in [-0.25, -0.2) is 0 Å². The summed E-state index contributed by atoms with van der Waals surface area (Å²) in [5.74, 6) is 0.0447. The van der Waals surface area contributed by atoms with E-state index in [4.69, 9.17) is 16.3 Å². The van der Waals surface area contributed by atoms with Crippen LogP contribution in [-0.2, 0) is 9.59 Å². The lowest BCUT2D eigenvalue weighted by molar-refractivity contribution is -0.122. The molecule has 0 aliphatic carbocycles. The van der Waals surface area contributed by atoms with Gasteiger partial charge in [-0.2, -0.15) is 0 Å². The number of halogens is 1. The van der Waals surface area contributed by atoms with Crippen LogP contribution in [0.15, 0.2) is 48.5 Å². The van der Waals surface area contributed by atoms with Gasteiger partial charge in [-0.05, 0) is 43.3 Å². The maximum atomic E-state index is 12.2. The van der Waals surface area contributed by atoms with Crippen molar-refractivity contribution in [1.82, 2.24) is 0 Å². The number of amides is 2. The van der Waals surface area contributed by atoms with Crippen LogP contribution in [0.4, 0.5) is 11.4 Å². The van der Waals surface area contributed by atoms with Crippen LogP contribution in [-0.4, -0.2) is 17.9 Å². The van der Waals surface area contributed by atoms with Crippen LogP contribution >= 0.6 is 11.6 Å². The van der Waals surface area contributed by atoms with Gasteiger partial charge in [0.2, 0.25) is 5.91 Å². The van der Waals surface area contributed by atoms with Crippen LogP contribution in [0.5, 0.6) is 5.75 Å². The summed E-state index contributed by atoms with van der Waals surface area (Å²) in [4.78, 5) is 23.2. The maximum absolute atomic E-state index is 12.2. The predicted octanol–water partition coefficient (Wildman–Crippen LogP) is 3.70. The summed E-state index contributed by atoms with van der Waals surface area (Å²) < 4.78 is 5.56. The summed E-state index contributed by atoms with van der Waals surface area (Å²) in [5, 5.41) is 5.94. The molecule has 5 nitrogen and oxygen atoms in total. The highest BCUT2D eigenvalue weighted by atomic mass is 35.5. The molecule has 0 saturated heterocycles. The van der Waals surface area contributed by atoms with E-state index >= 15 is 0 Å². The molecule has 23 heavy (non-hydrogen) atoms. The fraction of sp³-hybridized carbons (Fsp3) is 0.176. The molecular weight excluding hydrogens is 316 g/mol. The van der Waals surface area contributed by atoms with Crippen molar-refractivity contribution in [1.29, 1.82) is 0 Å². The van der Waals surface area contributed by atoms with E-state index in [1.165, 1.54) is 6.92 Å². The molecule has 2 amide bonds. The van der Waals surface area contributed by atoms with Crippen molar-refractivity contribution in [3.8, 4) is 5.75 Å². The molecule has 120 valence electrons. The molecule has 2 N–H and O–H groups in total. The Labute approximate surface area is 139 Å². The molecule has 2 aromatic carbocycles. The highest BCUT2D eigenvalue weighted by Gasteiger charge is 2.15. The zero-order valence-corrected chi connectivity index (χ0v) is 13.6. The smallest absolute Gasteiger partial charge is 0.265 e. The molecule has 0 bridgehead atoms. The summed E-state index contributed by atoms with van der Waals surface area (Å²) in [5.41, 5.74) is 1.18. The first-order chi connectivity index (χ1) is 10.9. The molecule has 0 aromatic heterocycles. The molecule has 2 aromatic rings. The summed E-state index contributed by atoms with van der Waals surface area (Å²) in [6.45, 7) is 3.07. The molecular formula is C17H17ClN2O3. The molecule has 0 heterocycles. The van der Waals surface area contributed by atoms with Gasteiger partial charge >= 0.3 is 0 Å². The number of anilines is 2. The van der Waals surface area contributed by atoms with Crippen LogP contribution in [0.2, 0.25) is 5.02 Å². The highest BCUT2D eigenvalue weighted by molar-refractivity contribution is 6.30. The van der Waals surface area contributed by atoms with Crippen molar-refractivity contribution in [3.05, 3.63) is 53.6 Å². The third kappa shape index (κ3) is 5.30. The Morgan fingerprint density at radius 3 is 2.35 bits per heavy atom. The van der Waals surface area contributed by atoms with Crippen LogP contribution < -0.4 is 15.4 Å². The first-order valence-electron chi connectivity index (χ1n) is 7.05. The third-order valence-electron chi connectivity index (χ3n) is 2.93. The van der Waals surface area contributed by atoms with Gasteiger partial charge in [0.15, 0.2) is 6.10 Å². The lowest BCUT2D eigenvalue weighted by Gasteiger charge is -2.15. The molecule has 0 fully saturated rings. The molecule has 0 unspecified atom stereocenters. The second kappa shape index (κ2) is 7.65. The number of carbonyl (C=O) groups is 2. The van der Waals surface area contributed by atoms with E-state index in [2.05, 4.69) is 10.6 Å². The minimum Gasteiger partial charge on any atom is -0.481 e. The van der Waals surface area contributed by atoms with Gasteiger partial charge in [-0.15, -0.1) is 0 Å². The summed E-state index contributed by atoms with van der Waals surface area (Å²) in [7, 11) is 0. The van der Waals surface area contributed by atoms with E-state index in [-0.39, 0.29) is 11.8 Å². The average molecular weight is 333 g/mol. The maximum Gasteiger partial charge on any atom is 0.265 e. The van der Waals surface area contributed by atoms with Gasteiger partial charge < -0.3 is 15.4 Å². The molecule has 0 aliphatic heterocycles. The Morgan fingerprint density at radius 2 is 1.70 bits per heavy atom. The monoisotopic (exact) mass is 332 g/mol.